The lowest BCUT2D eigenvalue weighted by Crippen LogP contribution is -2.21. The highest BCUT2D eigenvalue weighted by molar-refractivity contribution is 7.09. The minimum absolute atomic E-state index is 0.848. The van der Waals surface area contributed by atoms with Gasteiger partial charge in [0, 0.05) is 36.9 Å². The van der Waals surface area contributed by atoms with Gasteiger partial charge in [-0.3, -0.25) is 4.98 Å². The maximum Gasteiger partial charge on any atom is 0.0562 e. The fourth-order valence-electron chi connectivity index (χ4n) is 2.05. The zero-order valence-electron chi connectivity index (χ0n) is 12.3. The second-order valence-corrected chi connectivity index (χ2v) is 5.97. The lowest BCUT2D eigenvalue weighted by atomic mass is 10.2. The van der Waals surface area contributed by atoms with E-state index in [-0.39, 0.29) is 0 Å². The number of nitrogens with zero attached hydrogens (tertiary/aromatic N) is 2. The Labute approximate surface area is 125 Å². The van der Waals surface area contributed by atoms with Gasteiger partial charge >= 0.3 is 0 Å². The number of thiophene rings is 1. The summed E-state index contributed by atoms with van der Waals surface area (Å²) in [6.45, 7) is 5.10. The molecule has 0 amide bonds. The molecule has 108 valence electrons. The maximum atomic E-state index is 4.42. The Kier molecular flexibility index (Phi) is 6.02. The first-order valence-electron chi connectivity index (χ1n) is 7.18. The first-order valence-corrected chi connectivity index (χ1v) is 8.06. The van der Waals surface area contributed by atoms with Crippen LogP contribution in [0.2, 0.25) is 0 Å². The Hall–Kier alpha value is -1.39. The zero-order chi connectivity index (χ0) is 14.2. The molecule has 0 spiro atoms. The first kappa shape index (κ1) is 15.0. The molecule has 2 rings (SSSR count). The third-order valence-corrected chi connectivity index (χ3v) is 4.18. The van der Waals surface area contributed by atoms with Gasteiger partial charge in [-0.2, -0.15) is 0 Å². The molecular formula is C16H23N3S. The van der Waals surface area contributed by atoms with Crippen LogP contribution in [0.5, 0.6) is 0 Å². The predicted octanol–water partition coefficient (Wildman–Crippen LogP) is 3.32. The van der Waals surface area contributed by atoms with Crippen molar-refractivity contribution < 1.29 is 0 Å². The van der Waals surface area contributed by atoms with Crippen molar-refractivity contribution in [1.82, 2.24) is 10.3 Å². The topological polar surface area (TPSA) is 28.2 Å². The third-order valence-electron chi connectivity index (χ3n) is 3.25. The van der Waals surface area contributed by atoms with Crippen LogP contribution in [0.4, 0.5) is 5.69 Å². The van der Waals surface area contributed by atoms with Gasteiger partial charge < -0.3 is 10.2 Å². The molecule has 3 nitrogen and oxygen atoms in total. The molecule has 0 fully saturated rings. The largest absolute Gasteiger partial charge is 0.374 e. The van der Waals surface area contributed by atoms with E-state index in [1.54, 1.807) is 0 Å². The fourth-order valence-corrected chi connectivity index (χ4v) is 2.75. The standard InChI is InChI=1S/C16H23N3S/c1-3-8-17-13-14-12-15(6-9-18-14)19(2)10-7-16-5-4-11-20-16/h4-6,9,11-12,17H,3,7-8,10,13H2,1-2H3. The average molecular weight is 289 g/mol. The van der Waals surface area contributed by atoms with Crippen molar-refractivity contribution in [1.29, 1.82) is 0 Å². The van der Waals surface area contributed by atoms with Crippen LogP contribution in [-0.4, -0.2) is 25.1 Å². The summed E-state index contributed by atoms with van der Waals surface area (Å²) in [6, 6.07) is 8.57. The maximum absolute atomic E-state index is 4.42. The molecule has 0 unspecified atom stereocenters. The molecule has 1 N–H and O–H groups in total. The van der Waals surface area contributed by atoms with Crippen LogP contribution < -0.4 is 10.2 Å². The van der Waals surface area contributed by atoms with Crippen LogP contribution in [0, 0.1) is 0 Å². The summed E-state index contributed by atoms with van der Waals surface area (Å²) in [5.41, 5.74) is 2.35. The molecule has 0 atom stereocenters. The molecule has 0 aromatic carbocycles. The van der Waals surface area contributed by atoms with E-state index in [1.807, 2.05) is 17.5 Å². The minimum atomic E-state index is 0.848. The molecule has 0 bridgehead atoms. The van der Waals surface area contributed by atoms with E-state index in [2.05, 4.69) is 58.8 Å². The van der Waals surface area contributed by atoms with Gasteiger partial charge in [-0.1, -0.05) is 13.0 Å². The summed E-state index contributed by atoms with van der Waals surface area (Å²) in [7, 11) is 2.15. The van der Waals surface area contributed by atoms with Gasteiger partial charge in [0.2, 0.25) is 0 Å². The predicted molar refractivity (Wildman–Crippen MR) is 87.5 cm³/mol. The third kappa shape index (κ3) is 4.62. The number of aromatic nitrogens is 1. The van der Waals surface area contributed by atoms with Gasteiger partial charge in [-0.15, -0.1) is 11.3 Å². The molecule has 20 heavy (non-hydrogen) atoms. The van der Waals surface area contributed by atoms with E-state index < -0.39 is 0 Å². The summed E-state index contributed by atoms with van der Waals surface area (Å²) >= 11 is 1.83. The van der Waals surface area contributed by atoms with Crippen molar-refractivity contribution in [2.75, 3.05) is 25.0 Å². The second kappa shape index (κ2) is 8.02. The van der Waals surface area contributed by atoms with E-state index >= 15 is 0 Å². The monoisotopic (exact) mass is 289 g/mol. The Morgan fingerprint density at radius 3 is 3.00 bits per heavy atom. The number of hydrogen-bond donors (Lipinski definition) is 1. The van der Waals surface area contributed by atoms with Crippen molar-refractivity contribution in [2.45, 2.75) is 26.3 Å². The number of pyridine rings is 1. The molecule has 4 heteroatoms. The molecule has 0 aliphatic rings. The summed E-state index contributed by atoms with van der Waals surface area (Å²) in [6.07, 6.45) is 4.15. The van der Waals surface area contributed by atoms with E-state index in [9.17, 15) is 0 Å². The van der Waals surface area contributed by atoms with E-state index in [1.165, 1.54) is 10.6 Å². The fraction of sp³-hybridized carbons (Fsp3) is 0.438. The number of anilines is 1. The molecule has 0 aliphatic heterocycles. The molecule has 0 saturated heterocycles. The molecule has 0 radical (unpaired) electrons. The van der Waals surface area contributed by atoms with Gasteiger partial charge in [0.15, 0.2) is 0 Å². The van der Waals surface area contributed by atoms with E-state index in [4.69, 9.17) is 0 Å². The molecular weight excluding hydrogens is 266 g/mol. The molecule has 2 heterocycles. The second-order valence-electron chi connectivity index (χ2n) is 4.93. The highest BCUT2D eigenvalue weighted by Crippen LogP contribution is 2.15. The number of hydrogen-bond acceptors (Lipinski definition) is 4. The van der Waals surface area contributed by atoms with Crippen molar-refractivity contribution in [2.24, 2.45) is 0 Å². The summed E-state index contributed by atoms with van der Waals surface area (Å²) < 4.78 is 0. The summed E-state index contributed by atoms with van der Waals surface area (Å²) in [5, 5.41) is 5.53. The molecule has 0 saturated carbocycles. The van der Waals surface area contributed by atoms with Gasteiger partial charge in [-0.05, 0) is 43.0 Å². The summed E-state index contributed by atoms with van der Waals surface area (Å²) in [4.78, 5) is 8.15. The Morgan fingerprint density at radius 1 is 1.35 bits per heavy atom. The normalized spacial score (nSPS) is 10.7. The quantitative estimate of drug-likeness (QED) is 0.756. The molecule has 2 aromatic rings. The van der Waals surface area contributed by atoms with Crippen LogP contribution >= 0.6 is 11.3 Å². The molecule has 0 aliphatic carbocycles. The van der Waals surface area contributed by atoms with Gasteiger partial charge in [-0.25, -0.2) is 0 Å². The van der Waals surface area contributed by atoms with Crippen LogP contribution in [-0.2, 0) is 13.0 Å². The van der Waals surface area contributed by atoms with Gasteiger partial charge in [0.25, 0.3) is 0 Å². The average Bonchev–Trinajstić information content (AvgIpc) is 2.99. The van der Waals surface area contributed by atoms with Gasteiger partial charge in [0.05, 0.1) is 5.69 Å². The lowest BCUT2D eigenvalue weighted by Gasteiger charge is -2.19. The summed E-state index contributed by atoms with van der Waals surface area (Å²) in [5.74, 6) is 0. The highest BCUT2D eigenvalue weighted by atomic mass is 32.1. The van der Waals surface area contributed by atoms with Crippen molar-refractivity contribution in [3.05, 3.63) is 46.4 Å². The van der Waals surface area contributed by atoms with Crippen molar-refractivity contribution in [3.63, 3.8) is 0 Å². The van der Waals surface area contributed by atoms with Crippen LogP contribution in [0.3, 0.4) is 0 Å². The number of rotatable bonds is 8. The van der Waals surface area contributed by atoms with Gasteiger partial charge in [0.1, 0.15) is 0 Å². The highest BCUT2D eigenvalue weighted by Gasteiger charge is 2.04. The van der Waals surface area contributed by atoms with Crippen LogP contribution in [0.1, 0.15) is 23.9 Å². The number of likely N-dealkylation sites (N-methyl/N-ethyl adjacent to an activating group) is 1. The van der Waals surface area contributed by atoms with Crippen molar-refractivity contribution >= 4 is 17.0 Å². The van der Waals surface area contributed by atoms with Crippen LogP contribution in [0.25, 0.3) is 0 Å². The Morgan fingerprint density at radius 2 is 2.25 bits per heavy atom. The minimum Gasteiger partial charge on any atom is -0.374 e. The zero-order valence-corrected chi connectivity index (χ0v) is 13.1. The molecule has 2 aromatic heterocycles. The smallest absolute Gasteiger partial charge is 0.0562 e. The lowest BCUT2D eigenvalue weighted by molar-refractivity contribution is 0.664. The Bertz CT molecular complexity index is 496. The first-order chi connectivity index (χ1) is 9.79. The number of nitrogens with one attached hydrogen (secondary N) is 1. The Balaban J connectivity index is 1.88. The van der Waals surface area contributed by atoms with E-state index in [0.717, 1.165) is 38.2 Å². The SMILES string of the molecule is CCCNCc1cc(N(C)CCc2cccs2)ccn1. The van der Waals surface area contributed by atoms with Crippen LogP contribution in [0.15, 0.2) is 35.8 Å². The van der Waals surface area contributed by atoms with E-state index in [0.29, 0.717) is 0 Å². The van der Waals surface area contributed by atoms with Crippen molar-refractivity contribution in [3.8, 4) is 0 Å².